The molecular formula is C19H24N4O2S. The van der Waals surface area contributed by atoms with E-state index in [1.54, 1.807) is 11.3 Å². The molecule has 0 aromatic carbocycles. The predicted octanol–water partition coefficient (Wildman–Crippen LogP) is 2.16. The number of rotatable bonds is 1. The van der Waals surface area contributed by atoms with Gasteiger partial charge in [-0.2, -0.15) is 5.10 Å². The Balaban J connectivity index is 1.34. The first kappa shape index (κ1) is 16.5. The van der Waals surface area contributed by atoms with Gasteiger partial charge in [0.15, 0.2) is 5.69 Å². The molecule has 0 aliphatic carbocycles. The zero-order valence-electron chi connectivity index (χ0n) is 15.1. The van der Waals surface area contributed by atoms with Crippen molar-refractivity contribution in [1.82, 2.24) is 20.0 Å². The SMILES string of the molecule is CN1CCc2[nH]nc(C(=O)N3CCC4(CC3)OCCc3ccsc34)c2C1. The Kier molecular flexibility index (Phi) is 3.92. The van der Waals surface area contributed by atoms with Gasteiger partial charge in [-0.05, 0) is 43.3 Å². The topological polar surface area (TPSA) is 61.5 Å². The van der Waals surface area contributed by atoms with E-state index in [1.165, 1.54) is 10.4 Å². The molecule has 0 radical (unpaired) electrons. The summed E-state index contributed by atoms with van der Waals surface area (Å²) in [7, 11) is 2.09. The fraction of sp³-hybridized carbons (Fsp3) is 0.579. The van der Waals surface area contributed by atoms with Crippen molar-refractivity contribution in [2.24, 2.45) is 0 Å². The van der Waals surface area contributed by atoms with E-state index in [9.17, 15) is 4.79 Å². The van der Waals surface area contributed by atoms with Crippen LogP contribution >= 0.6 is 11.3 Å². The van der Waals surface area contributed by atoms with Crippen LogP contribution in [0.2, 0.25) is 0 Å². The van der Waals surface area contributed by atoms with Crippen molar-refractivity contribution in [2.45, 2.75) is 37.8 Å². The minimum Gasteiger partial charge on any atom is -0.369 e. The summed E-state index contributed by atoms with van der Waals surface area (Å²) < 4.78 is 6.26. The van der Waals surface area contributed by atoms with E-state index in [1.807, 2.05) is 4.90 Å². The summed E-state index contributed by atoms with van der Waals surface area (Å²) in [6.07, 6.45) is 3.69. The number of hydrogen-bond donors (Lipinski definition) is 1. The number of piperidine rings is 1. The fourth-order valence-electron chi connectivity index (χ4n) is 4.55. The maximum atomic E-state index is 13.1. The number of hydrogen-bond acceptors (Lipinski definition) is 5. The Morgan fingerprint density at radius 3 is 3.00 bits per heavy atom. The van der Waals surface area contributed by atoms with Crippen LogP contribution in [0.4, 0.5) is 0 Å². The highest BCUT2D eigenvalue weighted by atomic mass is 32.1. The average Bonchev–Trinajstić information content (AvgIpc) is 3.29. The molecule has 0 atom stereocenters. The van der Waals surface area contributed by atoms with Crippen molar-refractivity contribution in [3.8, 4) is 0 Å². The summed E-state index contributed by atoms with van der Waals surface area (Å²) in [6, 6.07) is 2.23. The van der Waals surface area contributed by atoms with Crippen LogP contribution < -0.4 is 0 Å². The lowest BCUT2D eigenvalue weighted by atomic mass is 9.85. The predicted molar refractivity (Wildman–Crippen MR) is 99.4 cm³/mol. The number of thiophene rings is 1. The van der Waals surface area contributed by atoms with Crippen molar-refractivity contribution in [2.75, 3.05) is 33.3 Å². The number of carbonyl (C=O) groups is 1. The Bertz CT molecular complexity index is 834. The Labute approximate surface area is 157 Å². The Morgan fingerprint density at radius 1 is 1.31 bits per heavy atom. The van der Waals surface area contributed by atoms with Gasteiger partial charge in [0.2, 0.25) is 0 Å². The van der Waals surface area contributed by atoms with Crippen LogP contribution in [0.15, 0.2) is 11.4 Å². The van der Waals surface area contributed by atoms with Gasteiger partial charge in [0.05, 0.1) is 6.61 Å². The van der Waals surface area contributed by atoms with Gasteiger partial charge in [-0.25, -0.2) is 0 Å². The number of nitrogens with one attached hydrogen (secondary N) is 1. The van der Waals surface area contributed by atoms with E-state index < -0.39 is 0 Å². The van der Waals surface area contributed by atoms with Crippen molar-refractivity contribution >= 4 is 17.2 Å². The molecule has 0 saturated carbocycles. The van der Waals surface area contributed by atoms with Gasteiger partial charge in [-0.1, -0.05) is 0 Å². The minimum atomic E-state index is -0.177. The molecule has 6 nitrogen and oxygen atoms in total. The molecule has 5 rings (SSSR count). The molecule has 1 fully saturated rings. The normalized spacial score (nSPS) is 22.3. The number of aromatic nitrogens is 2. The number of carbonyl (C=O) groups excluding carboxylic acids is 1. The first-order chi connectivity index (χ1) is 12.7. The summed E-state index contributed by atoms with van der Waals surface area (Å²) >= 11 is 1.81. The summed E-state index contributed by atoms with van der Waals surface area (Å²) in [5.74, 6) is 0.0647. The van der Waals surface area contributed by atoms with E-state index >= 15 is 0 Å². The number of nitrogens with zero attached hydrogens (tertiary/aromatic N) is 3. The van der Waals surface area contributed by atoms with Gasteiger partial charge in [0, 0.05) is 48.7 Å². The number of aromatic amines is 1. The highest BCUT2D eigenvalue weighted by molar-refractivity contribution is 7.10. The van der Waals surface area contributed by atoms with Crippen LogP contribution in [0, 0.1) is 0 Å². The van der Waals surface area contributed by atoms with Crippen molar-refractivity contribution in [3.05, 3.63) is 38.8 Å². The first-order valence-corrected chi connectivity index (χ1v) is 10.3. The molecule has 5 heterocycles. The second-order valence-electron chi connectivity index (χ2n) is 7.68. The molecule has 3 aliphatic heterocycles. The van der Waals surface area contributed by atoms with Crippen LogP contribution in [0.1, 0.15) is 45.0 Å². The van der Waals surface area contributed by atoms with Crippen LogP contribution in [0.5, 0.6) is 0 Å². The number of ether oxygens (including phenoxy) is 1. The zero-order valence-corrected chi connectivity index (χ0v) is 15.9. The second kappa shape index (κ2) is 6.18. The number of amides is 1. The lowest BCUT2D eigenvalue weighted by Crippen LogP contribution is -2.48. The Morgan fingerprint density at radius 2 is 2.15 bits per heavy atom. The molecule has 7 heteroatoms. The third kappa shape index (κ3) is 2.52. The molecule has 138 valence electrons. The van der Waals surface area contributed by atoms with E-state index in [-0.39, 0.29) is 11.5 Å². The van der Waals surface area contributed by atoms with Gasteiger partial charge >= 0.3 is 0 Å². The van der Waals surface area contributed by atoms with Crippen LogP contribution in [0.25, 0.3) is 0 Å². The van der Waals surface area contributed by atoms with Gasteiger partial charge in [-0.15, -0.1) is 11.3 Å². The van der Waals surface area contributed by atoms with Crippen LogP contribution in [-0.2, 0) is 29.7 Å². The zero-order chi connectivity index (χ0) is 17.7. The lowest BCUT2D eigenvalue weighted by Gasteiger charge is -2.43. The van der Waals surface area contributed by atoms with E-state index in [0.717, 1.165) is 69.7 Å². The van der Waals surface area contributed by atoms with Crippen LogP contribution in [0.3, 0.4) is 0 Å². The third-order valence-corrected chi connectivity index (χ3v) is 7.24. The minimum absolute atomic E-state index is 0.0647. The molecule has 1 N–H and O–H groups in total. The molecule has 2 aromatic rings. The summed E-state index contributed by atoms with van der Waals surface area (Å²) in [4.78, 5) is 18.7. The highest BCUT2D eigenvalue weighted by Gasteiger charge is 2.43. The fourth-order valence-corrected chi connectivity index (χ4v) is 5.72. The molecule has 1 saturated heterocycles. The van der Waals surface area contributed by atoms with Crippen molar-refractivity contribution in [1.29, 1.82) is 0 Å². The number of likely N-dealkylation sites (N-methyl/N-ethyl adjacent to an activating group) is 1. The summed E-state index contributed by atoms with van der Waals surface area (Å²) in [6.45, 7) is 4.06. The number of H-pyrrole nitrogens is 1. The maximum Gasteiger partial charge on any atom is 0.274 e. The lowest BCUT2D eigenvalue weighted by molar-refractivity contribution is -0.0906. The number of likely N-dealkylation sites (tertiary alicyclic amines) is 1. The monoisotopic (exact) mass is 372 g/mol. The van der Waals surface area contributed by atoms with Gasteiger partial charge in [-0.3, -0.25) is 9.89 Å². The molecule has 0 unspecified atom stereocenters. The number of fused-ring (bicyclic) bond motifs is 3. The maximum absolute atomic E-state index is 13.1. The highest BCUT2D eigenvalue weighted by Crippen LogP contribution is 2.44. The van der Waals surface area contributed by atoms with Crippen molar-refractivity contribution in [3.63, 3.8) is 0 Å². The average molecular weight is 372 g/mol. The Hall–Kier alpha value is -1.70. The van der Waals surface area contributed by atoms with Crippen LogP contribution in [-0.4, -0.2) is 59.2 Å². The third-order valence-electron chi connectivity index (χ3n) is 6.10. The smallest absolute Gasteiger partial charge is 0.274 e. The largest absolute Gasteiger partial charge is 0.369 e. The first-order valence-electron chi connectivity index (χ1n) is 9.41. The van der Waals surface area contributed by atoms with E-state index in [2.05, 4.69) is 33.6 Å². The second-order valence-corrected chi connectivity index (χ2v) is 8.59. The van der Waals surface area contributed by atoms with Gasteiger partial charge < -0.3 is 14.5 Å². The molecule has 26 heavy (non-hydrogen) atoms. The van der Waals surface area contributed by atoms with Gasteiger partial charge in [0.1, 0.15) is 5.60 Å². The summed E-state index contributed by atoms with van der Waals surface area (Å²) in [5, 5.41) is 9.62. The molecule has 1 amide bonds. The molecular weight excluding hydrogens is 348 g/mol. The van der Waals surface area contributed by atoms with Crippen molar-refractivity contribution < 1.29 is 9.53 Å². The van der Waals surface area contributed by atoms with E-state index in [0.29, 0.717) is 5.69 Å². The summed E-state index contributed by atoms with van der Waals surface area (Å²) in [5.41, 5.74) is 4.08. The molecule has 1 spiro atoms. The molecule has 3 aliphatic rings. The quantitative estimate of drug-likeness (QED) is 0.833. The standard InChI is InChI=1S/C19H24N4O2S/c1-22-7-2-15-14(12-22)16(21-20-15)18(24)23-8-5-19(6-9-23)17-13(3-10-25-19)4-11-26-17/h4,11H,2-3,5-10,12H2,1H3,(H,20,21). The molecule has 0 bridgehead atoms. The van der Waals surface area contributed by atoms with Gasteiger partial charge in [0.25, 0.3) is 5.91 Å². The molecule has 2 aromatic heterocycles. The van der Waals surface area contributed by atoms with E-state index in [4.69, 9.17) is 4.74 Å².